The molecule has 1 aromatic rings. The highest BCUT2D eigenvalue weighted by Crippen LogP contribution is 2.32. The lowest BCUT2D eigenvalue weighted by Gasteiger charge is -2.15. The summed E-state index contributed by atoms with van der Waals surface area (Å²) in [6.07, 6.45) is 2.61. The maximum Gasteiger partial charge on any atom is 0.223 e. The number of amides is 1. The molecule has 1 amide bonds. The number of likely N-dealkylation sites (tertiary alicyclic amines) is 1. The number of sulfonamides is 1. The van der Waals surface area contributed by atoms with Gasteiger partial charge in [-0.2, -0.15) is 0 Å². The Morgan fingerprint density at radius 3 is 2.55 bits per heavy atom. The highest BCUT2D eigenvalue weighted by molar-refractivity contribution is 7.88. The molecule has 1 atom stereocenters. The van der Waals surface area contributed by atoms with Crippen LogP contribution in [0.4, 0.5) is 0 Å². The van der Waals surface area contributed by atoms with E-state index >= 15 is 0 Å². The van der Waals surface area contributed by atoms with E-state index in [1.165, 1.54) is 0 Å². The fourth-order valence-electron chi connectivity index (χ4n) is 2.78. The maximum absolute atomic E-state index is 12.1. The predicted molar refractivity (Wildman–Crippen MR) is 84.9 cm³/mol. The van der Waals surface area contributed by atoms with Gasteiger partial charge in [0.1, 0.15) is 0 Å². The zero-order valence-corrected chi connectivity index (χ0v) is 13.7. The molecule has 0 aromatic heterocycles. The van der Waals surface area contributed by atoms with E-state index in [1.54, 1.807) is 24.3 Å². The number of halogens is 1. The van der Waals surface area contributed by atoms with E-state index in [0.29, 0.717) is 36.1 Å². The minimum Gasteiger partial charge on any atom is -0.339 e. The van der Waals surface area contributed by atoms with Gasteiger partial charge in [0.15, 0.2) is 0 Å². The van der Waals surface area contributed by atoms with Crippen LogP contribution in [-0.4, -0.2) is 38.4 Å². The summed E-state index contributed by atoms with van der Waals surface area (Å²) in [6, 6.07) is 7.17. The highest BCUT2D eigenvalue weighted by Gasteiger charge is 2.39. The molecule has 1 aromatic carbocycles. The van der Waals surface area contributed by atoms with Crippen molar-refractivity contribution in [3.05, 3.63) is 34.9 Å². The predicted octanol–water partition coefficient (Wildman–Crippen LogP) is 1.77. The third kappa shape index (κ3) is 4.00. The number of carbonyl (C=O) groups excluding carboxylic acids is 1. The Morgan fingerprint density at radius 1 is 1.23 bits per heavy atom. The lowest BCUT2D eigenvalue weighted by atomic mass is 10.1. The first-order valence-corrected chi connectivity index (χ1v) is 9.47. The van der Waals surface area contributed by atoms with Crippen molar-refractivity contribution >= 4 is 27.5 Å². The number of nitrogens with one attached hydrogen (secondary N) is 1. The second kappa shape index (κ2) is 6.18. The minimum atomic E-state index is -3.40. The number of rotatable bonds is 6. The molecule has 1 unspecified atom stereocenters. The van der Waals surface area contributed by atoms with Crippen molar-refractivity contribution < 1.29 is 13.2 Å². The summed E-state index contributed by atoms with van der Waals surface area (Å²) in [5.41, 5.74) is 0.694. The average molecular weight is 343 g/mol. The summed E-state index contributed by atoms with van der Waals surface area (Å²) in [5, 5.41) is 0.582. The van der Waals surface area contributed by atoms with Gasteiger partial charge in [-0.25, -0.2) is 13.1 Å². The van der Waals surface area contributed by atoms with Crippen LogP contribution in [0.2, 0.25) is 5.02 Å². The molecular weight excluding hydrogens is 324 g/mol. The maximum atomic E-state index is 12.1. The lowest BCUT2D eigenvalue weighted by Crippen LogP contribution is -2.32. The van der Waals surface area contributed by atoms with Gasteiger partial charge in [0.25, 0.3) is 0 Å². The molecule has 2 fully saturated rings. The Hall–Kier alpha value is -1.11. The molecular formula is C15H19ClN2O3S. The van der Waals surface area contributed by atoms with Gasteiger partial charge in [0.05, 0.1) is 5.75 Å². The molecule has 3 rings (SSSR count). The normalized spacial score (nSPS) is 22.3. The lowest BCUT2D eigenvalue weighted by molar-refractivity contribution is -0.128. The Labute approximate surface area is 135 Å². The van der Waals surface area contributed by atoms with Gasteiger partial charge in [-0.05, 0) is 36.5 Å². The van der Waals surface area contributed by atoms with Crippen molar-refractivity contribution in [3.63, 3.8) is 0 Å². The molecule has 1 saturated heterocycles. The fraction of sp³-hybridized carbons (Fsp3) is 0.533. The molecule has 1 heterocycles. The highest BCUT2D eigenvalue weighted by atomic mass is 35.5. The fourth-order valence-corrected chi connectivity index (χ4v) is 4.13. The first-order chi connectivity index (χ1) is 10.4. The molecule has 22 heavy (non-hydrogen) atoms. The SMILES string of the molecule is O=C1CC(CNS(=O)(=O)Cc2ccc(Cl)cc2)CN1C1CC1. The first kappa shape index (κ1) is 15.8. The van der Waals surface area contributed by atoms with Crippen LogP contribution >= 0.6 is 11.6 Å². The van der Waals surface area contributed by atoms with E-state index in [0.717, 1.165) is 12.8 Å². The molecule has 1 aliphatic heterocycles. The van der Waals surface area contributed by atoms with E-state index < -0.39 is 10.0 Å². The van der Waals surface area contributed by atoms with Crippen molar-refractivity contribution in [3.8, 4) is 0 Å². The number of nitrogens with zero attached hydrogens (tertiary/aromatic N) is 1. The van der Waals surface area contributed by atoms with Gasteiger partial charge >= 0.3 is 0 Å². The average Bonchev–Trinajstić information content (AvgIpc) is 3.23. The quantitative estimate of drug-likeness (QED) is 0.856. The summed E-state index contributed by atoms with van der Waals surface area (Å²) in [7, 11) is -3.40. The van der Waals surface area contributed by atoms with E-state index in [2.05, 4.69) is 4.72 Å². The van der Waals surface area contributed by atoms with Crippen LogP contribution in [0.25, 0.3) is 0 Å². The second-order valence-electron chi connectivity index (χ2n) is 6.08. The Morgan fingerprint density at radius 2 is 1.91 bits per heavy atom. The molecule has 1 saturated carbocycles. The monoisotopic (exact) mass is 342 g/mol. The van der Waals surface area contributed by atoms with Crippen LogP contribution in [-0.2, 0) is 20.6 Å². The third-order valence-electron chi connectivity index (χ3n) is 4.09. The van der Waals surface area contributed by atoms with E-state index in [4.69, 9.17) is 11.6 Å². The van der Waals surface area contributed by atoms with Gasteiger partial charge in [-0.3, -0.25) is 4.79 Å². The van der Waals surface area contributed by atoms with Crippen molar-refractivity contribution in [2.45, 2.75) is 31.1 Å². The van der Waals surface area contributed by atoms with Crippen molar-refractivity contribution in [2.75, 3.05) is 13.1 Å². The zero-order valence-electron chi connectivity index (χ0n) is 12.2. The van der Waals surface area contributed by atoms with Gasteiger partial charge in [-0.15, -0.1) is 0 Å². The van der Waals surface area contributed by atoms with Crippen LogP contribution in [0.15, 0.2) is 24.3 Å². The van der Waals surface area contributed by atoms with Crippen LogP contribution < -0.4 is 4.72 Å². The summed E-state index contributed by atoms with van der Waals surface area (Å²) >= 11 is 5.79. The van der Waals surface area contributed by atoms with E-state index in [-0.39, 0.29) is 17.6 Å². The number of carbonyl (C=O) groups is 1. The van der Waals surface area contributed by atoms with Gasteiger partial charge in [0.2, 0.25) is 15.9 Å². The van der Waals surface area contributed by atoms with Gasteiger partial charge < -0.3 is 4.90 Å². The van der Waals surface area contributed by atoms with Crippen LogP contribution in [0, 0.1) is 5.92 Å². The zero-order chi connectivity index (χ0) is 15.7. The molecule has 5 nitrogen and oxygen atoms in total. The summed E-state index contributed by atoms with van der Waals surface area (Å²) in [5.74, 6) is 0.162. The van der Waals surface area contributed by atoms with E-state index in [9.17, 15) is 13.2 Å². The summed E-state index contributed by atoms with van der Waals surface area (Å²) < 4.78 is 26.8. The Bertz CT molecular complexity index is 656. The molecule has 120 valence electrons. The Balaban J connectivity index is 1.52. The minimum absolute atomic E-state index is 0.0722. The molecule has 1 aliphatic carbocycles. The van der Waals surface area contributed by atoms with Crippen LogP contribution in [0.1, 0.15) is 24.8 Å². The molecule has 0 spiro atoms. The number of hydrogen-bond donors (Lipinski definition) is 1. The van der Waals surface area contributed by atoms with Crippen molar-refractivity contribution in [1.82, 2.24) is 9.62 Å². The third-order valence-corrected chi connectivity index (χ3v) is 5.66. The molecule has 0 bridgehead atoms. The van der Waals surface area contributed by atoms with Gasteiger partial charge in [0, 0.05) is 30.6 Å². The summed E-state index contributed by atoms with van der Waals surface area (Å²) in [6.45, 7) is 0.998. The largest absolute Gasteiger partial charge is 0.339 e. The molecule has 1 N–H and O–H groups in total. The smallest absolute Gasteiger partial charge is 0.223 e. The first-order valence-electron chi connectivity index (χ1n) is 7.44. The van der Waals surface area contributed by atoms with Crippen molar-refractivity contribution in [1.29, 1.82) is 0 Å². The van der Waals surface area contributed by atoms with Gasteiger partial charge in [-0.1, -0.05) is 23.7 Å². The molecule has 7 heteroatoms. The topological polar surface area (TPSA) is 66.5 Å². The van der Waals surface area contributed by atoms with E-state index in [1.807, 2.05) is 4.90 Å². The molecule has 0 radical (unpaired) electrons. The summed E-state index contributed by atoms with van der Waals surface area (Å²) in [4.78, 5) is 13.8. The number of benzene rings is 1. The van der Waals surface area contributed by atoms with Crippen LogP contribution in [0.3, 0.4) is 0 Å². The van der Waals surface area contributed by atoms with Crippen molar-refractivity contribution in [2.24, 2.45) is 5.92 Å². The van der Waals surface area contributed by atoms with Crippen LogP contribution in [0.5, 0.6) is 0 Å². The number of hydrogen-bond acceptors (Lipinski definition) is 3. The second-order valence-corrected chi connectivity index (χ2v) is 8.32. The molecule has 2 aliphatic rings. The Kier molecular flexibility index (Phi) is 4.43. The standard InChI is InChI=1S/C15H19ClN2O3S/c16-13-3-1-11(2-4-13)10-22(20,21)17-8-12-7-15(19)18(9-12)14-5-6-14/h1-4,12,14,17H,5-10H2.